The highest BCUT2D eigenvalue weighted by Crippen LogP contribution is 2.30. The van der Waals surface area contributed by atoms with Crippen LogP contribution in [0.1, 0.15) is 34.6 Å². The van der Waals surface area contributed by atoms with Gasteiger partial charge in [-0.15, -0.1) is 0 Å². The van der Waals surface area contributed by atoms with Crippen molar-refractivity contribution in [3.8, 4) is 0 Å². The number of hydrogen-bond acceptors (Lipinski definition) is 7. The van der Waals surface area contributed by atoms with Crippen LogP contribution in [0.25, 0.3) is 0 Å². The summed E-state index contributed by atoms with van der Waals surface area (Å²) >= 11 is 6.12. The summed E-state index contributed by atoms with van der Waals surface area (Å²) in [5.74, 6) is -2.35. The monoisotopic (exact) mass is 442 g/mol. The zero-order chi connectivity index (χ0) is 22.7. The van der Waals surface area contributed by atoms with Gasteiger partial charge in [-0.2, -0.15) is 0 Å². The fourth-order valence-electron chi connectivity index (χ4n) is 2.83. The lowest BCUT2D eigenvalue weighted by molar-refractivity contribution is -0.120. The van der Waals surface area contributed by atoms with Crippen molar-refractivity contribution in [1.29, 1.82) is 0 Å². The molecule has 160 valence electrons. The molecule has 0 spiro atoms. The average Bonchev–Trinajstić information content (AvgIpc) is 2.96. The number of ether oxygens (including phenoxy) is 2. The van der Waals surface area contributed by atoms with E-state index in [1.807, 2.05) is 0 Å². The summed E-state index contributed by atoms with van der Waals surface area (Å²) in [6.07, 6.45) is -0.271. The van der Waals surface area contributed by atoms with E-state index in [-0.39, 0.29) is 22.5 Å². The molecule has 8 nitrogen and oxygen atoms in total. The van der Waals surface area contributed by atoms with Crippen LogP contribution in [0.15, 0.2) is 59.3 Å². The first-order chi connectivity index (χ1) is 14.7. The van der Waals surface area contributed by atoms with Gasteiger partial charge in [0.1, 0.15) is 10.7 Å². The molecule has 0 atom stereocenters. The van der Waals surface area contributed by atoms with E-state index in [2.05, 4.69) is 10.1 Å². The molecule has 31 heavy (non-hydrogen) atoms. The quantitative estimate of drug-likeness (QED) is 0.539. The number of amides is 2. The number of benzene rings is 2. The van der Waals surface area contributed by atoms with Gasteiger partial charge in [-0.25, -0.2) is 14.5 Å². The zero-order valence-corrected chi connectivity index (χ0v) is 17.7. The highest BCUT2D eigenvalue weighted by molar-refractivity contribution is 6.53. The lowest BCUT2D eigenvalue weighted by Gasteiger charge is -2.16. The van der Waals surface area contributed by atoms with E-state index >= 15 is 0 Å². The van der Waals surface area contributed by atoms with Gasteiger partial charge in [-0.3, -0.25) is 9.59 Å². The van der Waals surface area contributed by atoms with E-state index in [1.165, 1.54) is 43.5 Å². The molecule has 0 unspecified atom stereocenters. The van der Waals surface area contributed by atoms with Crippen molar-refractivity contribution in [1.82, 2.24) is 0 Å². The molecule has 0 radical (unpaired) electrons. The Bertz CT molecular complexity index is 1070. The van der Waals surface area contributed by atoms with Crippen LogP contribution in [0, 0.1) is 0 Å². The first-order valence-electron chi connectivity index (χ1n) is 9.28. The van der Waals surface area contributed by atoms with Crippen LogP contribution in [0.2, 0.25) is 0 Å². The lowest BCUT2D eigenvalue weighted by Crippen LogP contribution is -2.32. The number of carbonyl (C=O) groups excluding carboxylic acids is 4. The fraction of sp³-hybridized carbons (Fsp3) is 0.182. The highest BCUT2D eigenvalue weighted by Gasteiger charge is 2.39. The average molecular weight is 443 g/mol. The predicted molar refractivity (Wildman–Crippen MR) is 114 cm³/mol. The van der Waals surface area contributed by atoms with Gasteiger partial charge in [0.2, 0.25) is 0 Å². The number of imide groups is 1. The molecule has 1 aliphatic rings. The van der Waals surface area contributed by atoms with Crippen LogP contribution in [-0.4, -0.2) is 37.0 Å². The van der Waals surface area contributed by atoms with Gasteiger partial charge in [0, 0.05) is 5.69 Å². The van der Waals surface area contributed by atoms with E-state index in [1.54, 1.807) is 26.0 Å². The maximum absolute atomic E-state index is 12.9. The third kappa shape index (κ3) is 4.59. The van der Waals surface area contributed by atoms with E-state index in [0.717, 1.165) is 4.90 Å². The molecule has 0 bridgehead atoms. The van der Waals surface area contributed by atoms with Crippen molar-refractivity contribution in [2.75, 3.05) is 17.3 Å². The summed E-state index contributed by atoms with van der Waals surface area (Å²) in [5, 5.41) is 2.54. The molecule has 1 aliphatic heterocycles. The van der Waals surface area contributed by atoms with Crippen LogP contribution in [0.3, 0.4) is 0 Å². The van der Waals surface area contributed by atoms with Crippen LogP contribution in [0.4, 0.5) is 11.4 Å². The second kappa shape index (κ2) is 9.01. The number of anilines is 2. The molecule has 0 aliphatic carbocycles. The van der Waals surface area contributed by atoms with E-state index in [4.69, 9.17) is 16.3 Å². The molecule has 2 amide bonds. The Labute approximate surface area is 183 Å². The number of nitrogens with one attached hydrogen (secondary N) is 1. The Kier molecular flexibility index (Phi) is 6.41. The second-order valence-electron chi connectivity index (χ2n) is 6.83. The minimum absolute atomic E-state index is 0.0965. The van der Waals surface area contributed by atoms with E-state index in [9.17, 15) is 19.2 Å². The van der Waals surface area contributed by atoms with Crippen LogP contribution in [0.5, 0.6) is 0 Å². The molecule has 1 heterocycles. The third-order valence-electron chi connectivity index (χ3n) is 4.31. The standard InChI is InChI=1S/C22H19ClN2O6/c1-12(2)31-22(29)14-6-10-16(11-7-14)25-19(26)17(23)18(20(25)27)24-15-8-4-13(5-9-15)21(28)30-3/h4-12,24H,1-3H3. The fourth-order valence-corrected chi connectivity index (χ4v) is 3.04. The largest absolute Gasteiger partial charge is 0.465 e. The molecular weight excluding hydrogens is 424 g/mol. The number of hydrogen-bond donors (Lipinski definition) is 1. The number of methoxy groups -OCH3 is 1. The molecule has 0 aromatic heterocycles. The normalized spacial score (nSPS) is 13.6. The topological polar surface area (TPSA) is 102 Å². The Balaban J connectivity index is 1.78. The predicted octanol–water partition coefficient (Wildman–Crippen LogP) is 3.47. The SMILES string of the molecule is COC(=O)c1ccc(NC2=C(Cl)C(=O)N(c3ccc(C(=O)OC(C)C)cc3)C2=O)cc1. The van der Waals surface area contributed by atoms with Crippen LogP contribution < -0.4 is 10.2 Å². The van der Waals surface area contributed by atoms with Gasteiger partial charge in [0.05, 0.1) is 30.0 Å². The molecule has 0 fully saturated rings. The number of rotatable bonds is 6. The van der Waals surface area contributed by atoms with Crippen molar-refractivity contribution in [2.24, 2.45) is 0 Å². The summed E-state index contributed by atoms with van der Waals surface area (Å²) in [4.78, 5) is 49.8. The zero-order valence-electron chi connectivity index (χ0n) is 17.0. The summed E-state index contributed by atoms with van der Waals surface area (Å²) < 4.78 is 9.76. The number of esters is 2. The van der Waals surface area contributed by atoms with Crippen molar-refractivity contribution >= 4 is 46.7 Å². The van der Waals surface area contributed by atoms with Gasteiger partial charge in [0.25, 0.3) is 11.8 Å². The minimum Gasteiger partial charge on any atom is -0.465 e. The first kappa shape index (κ1) is 22.0. The number of carbonyl (C=O) groups is 4. The van der Waals surface area contributed by atoms with Crippen LogP contribution >= 0.6 is 11.6 Å². The minimum atomic E-state index is -0.696. The molecule has 9 heteroatoms. The van der Waals surface area contributed by atoms with Crippen molar-refractivity contribution in [3.63, 3.8) is 0 Å². The highest BCUT2D eigenvalue weighted by atomic mass is 35.5. The Hall–Kier alpha value is -3.65. The molecule has 3 rings (SSSR count). The molecule has 0 saturated heterocycles. The Morgan fingerprint density at radius 2 is 1.45 bits per heavy atom. The molecule has 2 aromatic rings. The molecule has 0 saturated carbocycles. The first-order valence-corrected chi connectivity index (χ1v) is 9.65. The van der Waals surface area contributed by atoms with Crippen LogP contribution in [-0.2, 0) is 19.1 Å². The number of nitrogens with zero attached hydrogens (tertiary/aromatic N) is 1. The summed E-state index contributed by atoms with van der Waals surface area (Å²) in [6.45, 7) is 3.47. The summed E-state index contributed by atoms with van der Waals surface area (Å²) in [7, 11) is 1.27. The number of halogens is 1. The Morgan fingerprint density at radius 3 is 2.00 bits per heavy atom. The van der Waals surface area contributed by atoms with Gasteiger partial charge in [0.15, 0.2) is 0 Å². The maximum atomic E-state index is 12.9. The van der Waals surface area contributed by atoms with Gasteiger partial charge in [-0.05, 0) is 62.4 Å². The third-order valence-corrected chi connectivity index (χ3v) is 4.66. The van der Waals surface area contributed by atoms with Crippen molar-refractivity contribution < 1.29 is 28.7 Å². The molecule has 2 aromatic carbocycles. The smallest absolute Gasteiger partial charge is 0.338 e. The summed E-state index contributed by atoms with van der Waals surface area (Å²) in [5.41, 5.74) is 1.24. The molecular formula is C22H19ClN2O6. The van der Waals surface area contributed by atoms with Crippen molar-refractivity contribution in [3.05, 3.63) is 70.4 Å². The Morgan fingerprint density at radius 1 is 0.903 bits per heavy atom. The van der Waals surface area contributed by atoms with E-state index < -0.39 is 23.8 Å². The second-order valence-corrected chi connectivity index (χ2v) is 7.21. The van der Waals surface area contributed by atoms with Gasteiger partial charge >= 0.3 is 11.9 Å². The lowest BCUT2D eigenvalue weighted by atomic mass is 10.2. The molecule has 1 N–H and O–H groups in total. The van der Waals surface area contributed by atoms with Gasteiger partial charge < -0.3 is 14.8 Å². The van der Waals surface area contributed by atoms with Crippen molar-refractivity contribution in [2.45, 2.75) is 20.0 Å². The maximum Gasteiger partial charge on any atom is 0.338 e. The summed E-state index contributed by atoms with van der Waals surface area (Å²) in [6, 6.07) is 12.0. The van der Waals surface area contributed by atoms with E-state index in [0.29, 0.717) is 16.8 Å². The van der Waals surface area contributed by atoms with Gasteiger partial charge in [-0.1, -0.05) is 11.6 Å².